The average molecular weight is 278 g/mol. The van der Waals surface area contributed by atoms with Gasteiger partial charge in [-0.2, -0.15) is 0 Å². The number of halogens is 2. The molecule has 0 aliphatic carbocycles. The number of anilines is 2. The van der Waals surface area contributed by atoms with Crippen molar-refractivity contribution in [2.45, 2.75) is 6.92 Å². The number of carbonyl (C=O) groups excluding carboxylic acids is 1. The smallest absolute Gasteiger partial charge is 0.257 e. The van der Waals surface area contributed by atoms with E-state index in [4.69, 9.17) is 5.84 Å². The number of nitrogens with one attached hydrogen (secondary N) is 2. The van der Waals surface area contributed by atoms with E-state index in [2.05, 4.69) is 10.3 Å². The first-order valence-corrected chi connectivity index (χ1v) is 5.71. The lowest BCUT2D eigenvalue weighted by atomic mass is 10.1. The summed E-state index contributed by atoms with van der Waals surface area (Å²) >= 11 is 0. The number of pyridine rings is 1. The molecular weight excluding hydrogens is 266 g/mol. The first kappa shape index (κ1) is 13.9. The number of nitrogens with zero attached hydrogens (tertiary/aromatic N) is 1. The van der Waals surface area contributed by atoms with E-state index in [1.54, 1.807) is 12.1 Å². The van der Waals surface area contributed by atoms with Crippen molar-refractivity contribution >= 4 is 17.4 Å². The first-order valence-electron chi connectivity index (χ1n) is 5.71. The number of nitrogen functional groups attached to an aromatic ring is 1. The third-order valence-corrected chi connectivity index (χ3v) is 2.61. The molecule has 0 spiro atoms. The molecule has 20 heavy (non-hydrogen) atoms. The molecule has 1 aromatic heterocycles. The molecule has 0 radical (unpaired) electrons. The second kappa shape index (κ2) is 5.62. The molecule has 1 aromatic carbocycles. The van der Waals surface area contributed by atoms with Crippen LogP contribution in [0.3, 0.4) is 0 Å². The van der Waals surface area contributed by atoms with E-state index in [1.807, 2.05) is 12.3 Å². The highest BCUT2D eigenvalue weighted by Crippen LogP contribution is 2.20. The number of benzene rings is 1. The van der Waals surface area contributed by atoms with Crippen molar-refractivity contribution in [2.24, 2.45) is 5.84 Å². The van der Waals surface area contributed by atoms with Crippen molar-refractivity contribution in [3.05, 3.63) is 53.2 Å². The molecule has 1 heterocycles. The molecule has 0 bridgehead atoms. The van der Waals surface area contributed by atoms with E-state index in [1.165, 1.54) is 6.20 Å². The number of hydrazine groups is 1. The molecule has 2 aromatic rings. The molecule has 104 valence electrons. The van der Waals surface area contributed by atoms with Gasteiger partial charge in [-0.1, -0.05) is 0 Å². The maximum Gasteiger partial charge on any atom is 0.257 e. The quantitative estimate of drug-likeness (QED) is 0.594. The highest BCUT2D eigenvalue weighted by Gasteiger charge is 2.15. The van der Waals surface area contributed by atoms with Crippen LogP contribution in [-0.4, -0.2) is 10.9 Å². The molecule has 0 fully saturated rings. The Bertz CT molecular complexity index is 638. The summed E-state index contributed by atoms with van der Waals surface area (Å²) in [6, 6.07) is 5.18. The van der Waals surface area contributed by atoms with Crippen molar-refractivity contribution < 1.29 is 13.6 Å². The van der Waals surface area contributed by atoms with E-state index in [0.717, 1.165) is 17.7 Å². The second-order valence-corrected chi connectivity index (χ2v) is 4.13. The summed E-state index contributed by atoms with van der Waals surface area (Å²) in [4.78, 5) is 15.8. The Morgan fingerprint density at radius 1 is 1.25 bits per heavy atom. The molecule has 0 saturated heterocycles. The molecule has 0 saturated carbocycles. The lowest BCUT2D eigenvalue weighted by molar-refractivity contribution is 0.102. The van der Waals surface area contributed by atoms with Crippen LogP contribution in [0.1, 0.15) is 15.9 Å². The van der Waals surface area contributed by atoms with Crippen LogP contribution in [0.15, 0.2) is 30.5 Å². The van der Waals surface area contributed by atoms with Gasteiger partial charge in [0.15, 0.2) is 11.6 Å². The Hall–Kier alpha value is -2.54. The van der Waals surface area contributed by atoms with Crippen LogP contribution in [0, 0.1) is 18.6 Å². The third kappa shape index (κ3) is 2.89. The Morgan fingerprint density at radius 3 is 2.45 bits per heavy atom. The minimum Gasteiger partial charge on any atom is -0.319 e. The molecule has 0 aliphatic rings. The number of aryl methyl sites for hydroxylation is 1. The summed E-state index contributed by atoms with van der Waals surface area (Å²) in [5.74, 6) is 2.72. The van der Waals surface area contributed by atoms with Gasteiger partial charge in [-0.3, -0.25) is 10.6 Å². The zero-order valence-corrected chi connectivity index (χ0v) is 10.6. The Kier molecular flexibility index (Phi) is 3.90. The summed E-state index contributed by atoms with van der Waals surface area (Å²) in [7, 11) is 0. The second-order valence-electron chi connectivity index (χ2n) is 4.13. The zero-order valence-electron chi connectivity index (χ0n) is 10.6. The average Bonchev–Trinajstić information content (AvgIpc) is 2.38. The van der Waals surface area contributed by atoms with Gasteiger partial charge >= 0.3 is 0 Å². The highest BCUT2D eigenvalue weighted by molar-refractivity contribution is 6.04. The highest BCUT2D eigenvalue weighted by atomic mass is 19.1. The molecule has 2 rings (SSSR count). The van der Waals surface area contributed by atoms with Crippen LogP contribution >= 0.6 is 0 Å². The molecule has 5 nitrogen and oxygen atoms in total. The minimum atomic E-state index is -0.949. The molecule has 4 N–H and O–H groups in total. The van der Waals surface area contributed by atoms with E-state index < -0.39 is 23.2 Å². The summed E-state index contributed by atoms with van der Waals surface area (Å²) in [5.41, 5.74) is 2.14. The number of amides is 1. The SMILES string of the molecule is Cc1ccnc(NC(=O)c2cc(F)c(NN)c(F)c2)c1. The maximum absolute atomic E-state index is 13.5. The minimum absolute atomic E-state index is 0.165. The molecule has 0 unspecified atom stereocenters. The van der Waals surface area contributed by atoms with Gasteiger partial charge in [0, 0.05) is 11.8 Å². The Morgan fingerprint density at radius 2 is 1.90 bits per heavy atom. The monoisotopic (exact) mass is 278 g/mol. The Labute approximate surface area is 113 Å². The molecule has 0 aliphatic heterocycles. The summed E-state index contributed by atoms with van der Waals surface area (Å²) in [5, 5.41) is 2.46. The summed E-state index contributed by atoms with van der Waals surface area (Å²) in [6.07, 6.45) is 1.52. The lowest BCUT2D eigenvalue weighted by Crippen LogP contribution is -2.16. The molecule has 0 atom stereocenters. The topological polar surface area (TPSA) is 80.0 Å². The molecular formula is C13H12F2N4O. The number of hydrogen-bond donors (Lipinski definition) is 3. The normalized spacial score (nSPS) is 10.2. The van der Waals surface area contributed by atoms with Gasteiger partial charge in [-0.15, -0.1) is 0 Å². The van der Waals surface area contributed by atoms with Crippen molar-refractivity contribution in [1.82, 2.24) is 4.98 Å². The number of rotatable bonds is 3. The van der Waals surface area contributed by atoms with Crippen LogP contribution in [0.5, 0.6) is 0 Å². The van der Waals surface area contributed by atoms with E-state index >= 15 is 0 Å². The fraction of sp³-hybridized carbons (Fsp3) is 0.0769. The lowest BCUT2D eigenvalue weighted by Gasteiger charge is -2.08. The molecule has 7 heteroatoms. The van der Waals surface area contributed by atoms with Crippen molar-refractivity contribution in [2.75, 3.05) is 10.7 Å². The predicted molar refractivity (Wildman–Crippen MR) is 71.1 cm³/mol. The fourth-order valence-corrected chi connectivity index (χ4v) is 1.64. The van der Waals surface area contributed by atoms with Gasteiger partial charge in [-0.25, -0.2) is 13.8 Å². The van der Waals surface area contributed by atoms with Crippen LogP contribution in [0.25, 0.3) is 0 Å². The van der Waals surface area contributed by atoms with Crippen molar-refractivity contribution in [3.8, 4) is 0 Å². The summed E-state index contributed by atoms with van der Waals surface area (Å²) in [6.45, 7) is 1.83. The predicted octanol–water partition coefficient (Wildman–Crippen LogP) is 2.21. The van der Waals surface area contributed by atoms with Crippen molar-refractivity contribution in [1.29, 1.82) is 0 Å². The number of carbonyl (C=O) groups is 1. The van der Waals surface area contributed by atoms with Gasteiger partial charge in [0.25, 0.3) is 5.91 Å². The van der Waals surface area contributed by atoms with Crippen LogP contribution in [0.4, 0.5) is 20.3 Å². The van der Waals surface area contributed by atoms with E-state index in [9.17, 15) is 13.6 Å². The standard InChI is InChI=1S/C13H12F2N4O/c1-7-2-3-17-11(4-7)18-13(20)8-5-9(14)12(19-16)10(15)6-8/h2-6,19H,16H2,1H3,(H,17,18,20). The zero-order chi connectivity index (χ0) is 14.7. The van der Waals surface area contributed by atoms with Crippen LogP contribution in [-0.2, 0) is 0 Å². The number of aromatic nitrogens is 1. The van der Waals surface area contributed by atoms with E-state index in [-0.39, 0.29) is 5.56 Å². The van der Waals surface area contributed by atoms with Gasteiger partial charge in [0.05, 0.1) is 0 Å². The van der Waals surface area contributed by atoms with Gasteiger partial charge in [0.2, 0.25) is 0 Å². The Balaban J connectivity index is 2.26. The maximum atomic E-state index is 13.5. The van der Waals surface area contributed by atoms with Crippen LogP contribution in [0.2, 0.25) is 0 Å². The number of nitrogens with two attached hydrogens (primary N) is 1. The van der Waals surface area contributed by atoms with Gasteiger partial charge in [-0.05, 0) is 36.8 Å². The largest absolute Gasteiger partial charge is 0.319 e. The third-order valence-electron chi connectivity index (χ3n) is 2.61. The number of hydrogen-bond acceptors (Lipinski definition) is 4. The summed E-state index contributed by atoms with van der Waals surface area (Å²) < 4.78 is 27.0. The van der Waals surface area contributed by atoms with Crippen molar-refractivity contribution in [3.63, 3.8) is 0 Å². The van der Waals surface area contributed by atoms with Gasteiger partial charge < -0.3 is 10.7 Å². The van der Waals surface area contributed by atoms with Gasteiger partial charge in [0.1, 0.15) is 11.5 Å². The first-order chi connectivity index (χ1) is 9.51. The van der Waals surface area contributed by atoms with E-state index in [0.29, 0.717) is 5.82 Å². The fourth-order valence-electron chi connectivity index (χ4n) is 1.64. The van der Waals surface area contributed by atoms with Crippen LogP contribution < -0.4 is 16.6 Å². The molecule has 1 amide bonds.